The zero-order valence-electron chi connectivity index (χ0n) is 8.46. The lowest BCUT2D eigenvalue weighted by Crippen LogP contribution is -1.96. The van der Waals surface area contributed by atoms with E-state index >= 15 is 0 Å². The number of pyridine rings is 1. The molecular formula is C10H6ClN5S. The Morgan fingerprint density at radius 3 is 2.94 bits per heavy atom. The summed E-state index contributed by atoms with van der Waals surface area (Å²) in [6.07, 6.45) is 2.96. The molecule has 2 aromatic heterocycles. The summed E-state index contributed by atoms with van der Waals surface area (Å²) < 4.78 is 0. The summed E-state index contributed by atoms with van der Waals surface area (Å²) in [5.74, 6) is 0.232. The number of hydrogen-bond acceptors (Lipinski definition) is 6. The van der Waals surface area contributed by atoms with E-state index < -0.39 is 0 Å². The van der Waals surface area contributed by atoms with Gasteiger partial charge in [-0.3, -0.25) is 0 Å². The minimum absolute atomic E-state index is 0.232. The SMILES string of the molecule is N#Cc1ncccc1Sc1ncc(Cl)nc1N. The molecule has 0 spiro atoms. The van der Waals surface area contributed by atoms with Crippen molar-refractivity contribution in [2.24, 2.45) is 0 Å². The molecule has 2 heterocycles. The molecule has 0 atom stereocenters. The van der Waals surface area contributed by atoms with Gasteiger partial charge in [-0.25, -0.2) is 15.0 Å². The summed E-state index contributed by atoms with van der Waals surface area (Å²) in [5.41, 5.74) is 6.01. The lowest BCUT2D eigenvalue weighted by molar-refractivity contribution is 1.06. The molecule has 2 aromatic rings. The third-order valence-electron chi connectivity index (χ3n) is 1.82. The van der Waals surface area contributed by atoms with Crippen molar-refractivity contribution in [3.8, 4) is 6.07 Å². The van der Waals surface area contributed by atoms with E-state index in [1.165, 1.54) is 18.0 Å². The maximum atomic E-state index is 8.90. The van der Waals surface area contributed by atoms with Gasteiger partial charge >= 0.3 is 0 Å². The Balaban J connectivity index is 2.35. The molecular weight excluding hydrogens is 258 g/mol. The Morgan fingerprint density at radius 2 is 2.24 bits per heavy atom. The molecule has 17 heavy (non-hydrogen) atoms. The van der Waals surface area contributed by atoms with Gasteiger partial charge in [0.25, 0.3) is 0 Å². The second-order valence-corrected chi connectivity index (χ2v) is 4.37. The molecule has 0 aromatic carbocycles. The third kappa shape index (κ3) is 2.64. The topological polar surface area (TPSA) is 88.5 Å². The van der Waals surface area contributed by atoms with Gasteiger partial charge in [-0.15, -0.1) is 0 Å². The highest BCUT2D eigenvalue weighted by Crippen LogP contribution is 2.31. The summed E-state index contributed by atoms with van der Waals surface area (Å²) in [5, 5.41) is 9.63. The second kappa shape index (κ2) is 4.99. The largest absolute Gasteiger partial charge is 0.381 e. The number of anilines is 1. The lowest BCUT2D eigenvalue weighted by atomic mass is 10.4. The fraction of sp³-hybridized carbons (Fsp3) is 0. The highest BCUT2D eigenvalue weighted by Gasteiger charge is 2.09. The van der Waals surface area contributed by atoms with E-state index in [2.05, 4.69) is 15.0 Å². The molecule has 0 radical (unpaired) electrons. The van der Waals surface area contributed by atoms with Gasteiger partial charge in [0.15, 0.2) is 11.5 Å². The van der Waals surface area contributed by atoms with Crippen LogP contribution in [0.5, 0.6) is 0 Å². The van der Waals surface area contributed by atoms with Gasteiger partial charge in [0.05, 0.1) is 11.1 Å². The standard InChI is InChI=1S/C10H6ClN5S/c11-8-5-15-10(9(13)16-8)17-7-2-1-3-14-6(7)4-12/h1-3,5H,(H2,13,16). The van der Waals surface area contributed by atoms with E-state index in [1.807, 2.05) is 6.07 Å². The van der Waals surface area contributed by atoms with E-state index in [9.17, 15) is 0 Å². The maximum Gasteiger partial charge on any atom is 0.158 e. The summed E-state index contributed by atoms with van der Waals surface area (Å²) in [6.45, 7) is 0. The predicted octanol–water partition coefficient (Wildman–Crippen LogP) is 2.13. The monoisotopic (exact) mass is 263 g/mol. The summed E-state index contributed by atoms with van der Waals surface area (Å²) in [7, 11) is 0. The van der Waals surface area contributed by atoms with E-state index in [1.54, 1.807) is 18.3 Å². The molecule has 0 amide bonds. The van der Waals surface area contributed by atoms with Crippen LogP contribution in [0.3, 0.4) is 0 Å². The first-order valence-electron chi connectivity index (χ1n) is 4.51. The van der Waals surface area contributed by atoms with Crippen molar-refractivity contribution >= 4 is 29.2 Å². The third-order valence-corrected chi connectivity index (χ3v) is 3.06. The van der Waals surface area contributed by atoms with Crippen molar-refractivity contribution in [1.82, 2.24) is 15.0 Å². The number of nitrogens with zero attached hydrogens (tertiary/aromatic N) is 4. The zero-order valence-corrected chi connectivity index (χ0v) is 10.0. The molecule has 2 rings (SSSR count). The highest BCUT2D eigenvalue weighted by atomic mass is 35.5. The molecule has 0 unspecified atom stereocenters. The average Bonchev–Trinajstić information content (AvgIpc) is 2.33. The van der Waals surface area contributed by atoms with E-state index in [0.717, 1.165) is 0 Å². The minimum Gasteiger partial charge on any atom is -0.381 e. The average molecular weight is 264 g/mol. The lowest BCUT2D eigenvalue weighted by Gasteiger charge is -2.04. The quantitative estimate of drug-likeness (QED) is 0.893. The molecule has 0 bridgehead atoms. The van der Waals surface area contributed by atoms with Crippen LogP contribution in [0.4, 0.5) is 5.82 Å². The number of nitrogens with two attached hydrogens (primary N) is 1. The predicted molar refractivity (Wildman–Crippen MR) is 64.5 cm³/mol. The number of rotatable bonds is 2. The fourth-order valence-corrected chi connectivity index (χ4v) is 2.05. The van der Waals surface area contributed by atoms with Gasteiger partial charge in [0.2, 0.25) is 0 Å². The summed E-state index contributed by atoms with van der Waals surface area (Å²) in [6, 6.07) is 5.51. The van der Waals surface area contributed by atoms with Gasteiger partial charge in [0, 0.05) is 6.20 Å². The molecule has 0 aliphatic heterocycles. The number of halogens is 1. The maximum absolute atomic E-state index is 8.90. The molecule has 5 nitrogen and oxygen atoms in total. The van der Waals surface area contributed by atoms with Crippen molar-refractivity contribution in [2.75, 3.05) is 5.73 Å². The molecule has 2 N–H and O–H groups in total. The van der Waals surface area contributed by atoms with Gasteiger partial charge in [0.1, 0.15) is 16.2 Å². The van der Waals surface area contributed by atoms with Crippen molar-refractivity contribution in [3.05, 3.63) is 35.4 Å². The summed E-state index contributed by atoms with van der Waals surface area (Å²) >= 11 is 6.88. The van der Waals surface area contributed by atoms with Gasteiger partial charge in [-0.05, 0) is 12.1 Å². The van der Waals surface area contributed by atoms with Gasteiger partial charge < -0.3 is 5.73 Å². The van der Waals surface area contributed by atoms with Crippen LogP contribution in [0.25, 0.3) is 0 Å². The van der Waals surface area contributed by atoms with Crippen LogP contribution >= 0.6 is 23.4 Å². The molecule has 0 aliphatic rings. The van der Waals surface area contributed by atoms with Crippen molar-refractivity contribution in [3.63, 3.8) is 0 Å². The van der Waals surface area contributed by atoms with Gasteiger partial charge in [-0.1, -0.05) is 23.4 Å². The molecule has 0 aliphatic carbocycles. The molecule has 0 fully saturated rings. The Kier molecular flexibility index (Phi) is 3.42. The fourth-order valence-electron chi connectivity index (χ4n) is 1.11. The van der Waals surface area contributed by atoms with Crippen LogP contribution in [0.15, 0.2) is 34.4 Å². The van der Waals surface area contributed by atoms with E-state index in [0.29, 0.717) is 15.6 Å². The summed E-state index contributed by atoms with van der Waals surface area (Å²) in [4.78, 5) is 12.6. The van der Waals surface area contributed by atoms with Crippen LogP contribution in [-0.2, 0) is 0 Å². The number of nitriles is 1. The number of aromatic nitrogens is 3. The van der Waals surface area contributed by atoms with Crippen LogP contribution in [-0.4, -0.2) is 15.0 Å². The first-order valence-corrected chi connectivity index (χ1v) is 5.71. The molecule has 0 saturated heterocycles. The number of nitrogen functional groups attached to an aromatic ring is 1. The Hall–Kier alpha value is -1.84. The Bertz CT molecular complexity index is 595. The first kappa shape index (κ1) is 11.6. The van der Waals surface area contributed by atoms with E-state index in [4.69, 9.17) is 22.6 Å². The van der Waals surface area contributed by atoms with Crippen LogP contribution in [0, 0.1) is 11.3 Å². The zero-order chi connectivity index (χ0) is 12.3. The normalized spacial score (nSPS) is 9.88. The van der Waals surface area contributed by atoms with Crippen LogP contribution < -0.4 is 5.73 Å². The molecule has 0 saturated carbocycles. The Morgan fingerprint density at radius 1 is 1.41 bits per heavy atom. The Labute approximate surface area is 107 Å². The second-order valence-electron chi connectivity index (χ2n) is 2.95. The van der Waals surface area contributed by atoms with Crippen molar-refractivity contribution < 1.29 is 0 Å². The van der Waals surface area contributed by atoms with Crippen LogP contribution in [0.2, 0.25) is 5.15 Å². The number of hydrogen-bond donors (Lipinski definition) is 1. The first-order chi connectivity index (χ1) is 8.20. The smallest absolute Gasteiger partial charge is 0.158 e. The molecule has 84 valence electrons. The van der Waals surface area contributed by atoms with Crippen molar-refractivity contribution in [1.29, 1.82) is 5.26 Å². The van der Waals surface area contributed by atoms with Crippen LogP contribution in [0.1, 0.15) is 5.69 Å². The van der Waals surface area contributed by atoms with E-state index in [-0.39, 0.29) is 11.0 Å². The highest BCUT2D eigenvalue weighted by molar-refractivity contribution is 7.99. The molecule has 7 heteroatoms. The van der Waals surface area contributed by atoms with Crippen molar-refractivity contribution in [2.45, 2.75) is 9.92 Å². The van der Waals surface area contributed by atoms with Gasteiger partial charge in [-0.2, -0.15) is 5.26 Å². The minimum atomic E-state index is 0.232.